The fourth-order valence-electron chi connectivity index (χ4n) is 2.85. The third-order valence-electron chi connectivity index (χ3n) is 4.03. The van der Waals surface area contributed by atoms with Crippen LogP contribution in [0, 0.1) is 11.8 Å². The van der Waals surface area contributed by atoms with Gasteiger partial charge in [-0.05, 0) is 24.5 Å². The summed E-state index contributed by atoms with van der Waals surface area (Å²) in [5.41, 5.74) is 6.99. The smallest absolute Gasteiger partial charge is 0.392 e. The highest BCUT2D eigenvalue weighted by atomic mass is 19.4. The Hall–Kier alpha value is -1.72. The minimum absolute atomic E-state index is 0.0368. The number of carbonyl (C=O) groups excluding carboxylic acids is 1. The number of nitrogens with two attached hydrogens (primary N) is 1. The summed E-state index contributed by atoms with van der Waals surface area (Å²) in [6.45, 7) is 0.159. The van der Waals surface area contributed by atoms with Gasteiger partial charge in [-0.1, -0.05) is 31.0 Å². The molecule has 3 nitrogen and oxygen atoms in total. The zero-order valence-electron chi connectivity index (χ0n) is 11.6. The molecule has 116 valence electrons. The van der Waals surface area contributed by atoms with Crippen molar-refractivity contribution in [3.63, 3.8) is 0 Å². The maximum Gasteiger partial charge on any atom is 0.392 e. The van der Waals surface area contributed by atoms with Crippen molar-refractivity contribution in [3.8, 4) is 0 Å². The van der Waals surface area contributed by atoms with E-state index in [1.807, 2.05) is 0 Å². The number of rotatable bonds is 3. The Morgan fingerprint density at radius 3 is 2.57 bits per heavy atom. The number of hydrogen-bond acceptors (Lipinski definition) is 2. The van der Waals surface area contributed by atoms with Crippen molar-refractivity contribution in [3.05, 3.63) is 29.8 Å². The molecule has 0 spiro atoms. The molecule has 0 aliphatic heterocycles. The molecule has 2 atom stereocenters. The van der Waals surface area contributed by atoms with Gasteiger partial charge in [0, 0.05) is 18.2 Å². The number of hydrogen-bond donors (Lipinski definition) is 2. The van der Waals surface area contributed by atoms with Crippen molar-refractivity contribution in [2.75, 3.05) is 5.73 Å². The van der Waals surface area contributed by atoms with E-state index in [0.29, 0.717) is 30.5 Å². The van der Waals surface area contributed by atoms with Gasteiger partial charge in [0.1, 0.15) is 0 Å². The number of amides is 1. The molecule has 21 heavy (non-hydrogen) atoms. The number of carbonyl (C=O) groups is 1. The Balaban J connectivity index is 2.00. The normalized spacial score (nSPS) is 22.8. The Kier molecular flexibility index (Phi) is 4.75. The van der Waals surface area contributed by atoms with Crippen LogP contribution in [0.4, 0.5) is 18.9 Å². The van der Waals surface area contributed by atoms with Gasteiger partial charge in [-0.25, -0.2) is 0 Å². The molecule has 1 saturated carbocycles. The molecule has 1 aliphatic carbocycles. The molecular weight excluding hydrogens is 281 g/mol. The first-order valence-corrected chi connectivity index (χ1v) is 7.07. The number of para-hydroxylation sites is 1. The lowest BCUT2D eigenvalue weighted by Crippen LogP contribution is -2.42. The highest BCUT2D eigenvalue weighted by Gasteiger charge is 2.47. The van der Waals surface area contributed by atoms with Crippen molar-refractivity contribution >= 4 is 11.6 Å². The largest absolute Gasteiger partial charge is 0.398 e. The second-order valence-corrected chi connectivity index (χ2v) is 5.46. The number of alkyl halides is 3. The highest BCUT2D eigenvalue weighted by Crippen LogP contribution is 2.41. The molecule has 0 aromatic heterocycles. The molecule has 0 saturated heterocycles. The monoisotopic (exact) mass is 300 g/mol. The molecule has 1 fully saturated rings. The van der Waals surface area contributed by atoms with E-state index in [-0.39, 0.29) is 13.0 Å². The Labute approximate surface area is 121 Å². The van der Waals surface area contributed by atoms with Gasteiger partial charge in [-0.3, -0.25) is 4.79 Å². The van der Waals surface area contributed by atoms with E-state index in [9.17, 15) is 18.0 Å². The van der Waals surface area contributed by atoms with Gasteiger partial charge in [0.05, 0.1) is 5.92 Å². The average molecular weight is 300 g/mol. The van der Waals surface area contributed by atoms with Crippen molar-refractivity contribution in [2.24, 2.45) is 11.8 Å². The molecule has 1 aliphatic rings. The van der Waals surface area contributed by atoms with Crippen LogP contribution in [0.2, 0.25) is 0 Å². The van der Waals surface area contributed by atoms with Gasteiger partial charge in [-0.2, -0.15) is 13.2 Å². The summed E-state index contributed by atoms with van der Waals surface area (Å²) in [6.07, 6.45) is -2.79. The van der Waals surface area contributed by atoms with Crippen LogP contribution < -0.4 is 11.1 Å². The van der Waals surface area contributed by atoms with E-state index in [2.05, 4.69) is 5.32 Å². The Bertz CT molecular complexity index is 502. The molecule has 0 bridgehead atoms. The summed E-state index contributed by atoms with van der Waals surface area (Å²) in [6, 6.07) is 6.98. The minimum atomic E-state index is -4.31. The number of nitrogen functional groups attached to an aromatic ring is 1. The van der Waals surface area contributed by atoms with Gasteiger partial charge in [0.2, 0.25) is 5.91 Å². The van der Waals surface area contributed by atoms with E-state index >= 15 is 0 Å². The second kappa shape index (κ2) is 6.37. The lowest BCUT2D eigenvalue weighted by atomic mass is 9.78. The van der Waals surface area contributed by atoms with Crippen LogP contribution in [-0.2, 0) is 11.3 Å². The van der Waals surface area contributed by atoms with Crippen molar-refractivity contribution < 1.29 is 18.0 Å². The fraction of sp³-hybridized carbons (Fsp3) is 0.533. The van der Waals surface area contributed by atoms with E-state index in [0.717, 1.165) is 0 Å². The number of benzene rings is 1. The molecule has 6 heteroatoms. The highest BCUT2D eigenvalue weighted by molar-refractivity contribution is 5.79. The summed E-state index contributed by atoms with van der Waals surface area (Å²) in [7, 11) is 0. The van der Waals surface area contributed by atoms with Gasteiger partial charge in [0.15, 0.2) is 0 Å². The molecule has 3 N–H and O–H groups in total. The van der Waals surface area contributed by atoms with Crippen LogP contribution in [0.3, 0.4) is 0 Å². The van der Waals surface area contributed by atoms with Gasteiger partial charge in [0.25, 0.3) is 0 Å². The fourth-order valence-corrected chi connectivity index (χ4v) is 2.85. The molecule has 0 radical (unpaired) electrons. The van der Waals surface area contributed by atoms with Crippen LogP contribution in [0.25, 0.3) is 0 Å². The average Bonchev–Trinajstić information content (AvgIpc) is 2.45. The first kappa shape index (κ1) is 15.7. The van der Waals surface area contributed by atoms with Crippen LogP contribution in [0.15, 0.2) is 24.3 Å². The predicted molar refractivity (Wildman–Crippen MR) is 74.2 cm³/mol. The number of anilines is 1. The van der Waals surface area contributed by atoms with Crippen LogP contribution >= 0.6 is 0 Å². The first-order valence-electron chi connectivity index (χ1n) is 7.07. The van der Waals surface area contributed by atoms with E-state index < -0.39 is 23.9 Å². The topological polar surface area (TPSA) is 55.1 Å². The van der Waals surface area contributed by atoms with Crippen LogP contribution in [-0.4, -0.2) is 12.1 Å². The summed E-state index contributed by atoms with van der Waals surface area (Å²) < 4.78 is 38.9. The number of nitrogens with one attached hydrogen (secondary N) is 1. The van der Waals surface area contributed by atoms with Crippen molar-refractivity contribution in [2.45, 2.75) is 38.4 Å². The third-order valence-corrected chi connectivity index (χ3v) is 4.03. The van der Waals surface area contributed by atoms with Gasteiger partial charge < -0.3 is 11.1 Å². The summed E-state index contributed by atoms with van der Waals surface area (Å²) in [5, 5.41) is 2.59. The summed E-state index contributed by atoms with van der Waals surface area (Å²) in [5.74, 6) is -3.04. The van der Waals surface area contributed by atoms with E-state index in [1.54, 1.807) is 24.3 Å². The maximum atomic E-state index is 13.0. The Morgan fingerprint density at radius 1 is 1.24 bits per heavy atom. The first-order chi connectivity index (χ1) is 9.89. The van der Waals surface area contributed by atoms with Crippen LogP contribution in [0.1, 0.15) is 31.2 Å². The molecule has 0 heterocycles. The minimum Gasteiger partial charge on any atom is -0.398 e. The third kappa shape index (κ3) is 3.89. The van der Waals surface area contributed by atoms with Crippen molar-refractivity contribution in [1.82, 2.24) is 5.32 Å². The quantitative estimate of drug-likeness (QED) is 0.842. The number of halogens is 3. The summed E-state index contributed by atoms with van der Waals surface area (Å²) >= 11 is 0. The standard InChI is InChI=1S/C15H19F3N2O/c16-15(17,18)12-7-3-2-6-11(12)14(21)20-9-10-5-1-4-8-13(10)19/h1,4-5,8,11-12H,2-3,6-7,9,19H2,(H,20,21). The van der Waals surface area contributed by atoms with Gasteiger partial charge in [-0.15, -0.1) is 0 Å². The predicted octanol–water partition coefficient (Wildman–Crippen LogP) is 3.25. The SMILES string of the molecule is Nc1ccccc1CNC(=O)C1CCCCC1C(F)(F)F. The molecule has 2 unspecified atom stereocenters. The second-order valence-electron chi connectivity index (χ2n) is 5.46. The zero-order valence-corrected chi connectivity index (χ0v) is 11.6. The Morgan fingerprint density at radius 2 is 1.90 bits per heavy atom. The zero-order chi connectivity index (χ0) is 15.5. The lowest BCUT2D eigenvalue weighted by molar-refractivity contribution is -0.198. The van der Waals surface area contributed by atoms with Crippen molar-refractivity contribution in [1.29, 1.82) is 0 Å². The van der Waals surface area contributed by atoms with E-state index in [1.165, 1.54) is 0 Å². The van der Waals surface area contributed by atoms with Gasteiger partial charge >= 0.3 is 6.18 Å². The van der Waals surface area contributed by atoms with Crippen LogP contribution in [0.5, 0.6) is 0 Å². The molecule has 1 amide bonds. The molecular formula is C15H19F3N2O. The maximum absolute atomic E-state index is 13.0. The molecule has 1 aromatic carbocycles. The molecule has 2 rings (SSSR count). The van der Waals surface area contributed by atoms with E-state index in [4.69, 9.17) is 5.73 Å². The summed E-state index contributed by atoms with van der Waals surface area (Å²) in [4.78, 5) is 12.1. The lowest BCUT2D eigenvalue weighted by Gasteiger charge is -2.32. The molecule has 1 aromatic rings.